The van der Waals surface area contributed by atoms with Crippen LogP contribution >= 0.6 is 15.9 Å². The van der Waals surface area contributed by atoms with Crippen molar-refractivity contribution in [1.82, 2.24) is 5.43 Å². The maximum Gasteiger partial charge on any atom is 0.265 e. The van der Waals surface area contributed by atoms with Crippen molar-refractivity contribution in [2.45, 2.75) is 6.61 Å². The Balaban J connectivity index is 2.15. The smallest absolute Gasteiger partial charge is 0.265 e. The van der Waals surface area contributed by atoms with Crippen molar-refractivity contribution in [2.75, 3.05) is 7.11 Å². The van der Waals surface area contributed by atoms with Crippen LogP contribution in [0.4, 0.5) is 0 Å². The molecule has 3 N–H and O–H groups in total. The Labute approximate surface area is 131 Å². The van der Waals surface area contributed by atoms with Crippen molar-refractivity contribution < 1.29 is 14.3 Å². The highest BCUT2D eigenvalue weighted by atomic mass is 79.9. The van der Waals surface area contributed by atoms with Crippen LogP contribution in [0.15, 0.2) is 46.9 Å². The zero-order chi connectivity index (χ0) is 15.2. The van der Waals surface area contributed by atoms with Crippen LogP contribution in [0.2, 0.25) is 0 Å². The number of hydrogen-bond acceptors (Lipinski definition) is 4. The summed E-state index contributed by atoms with van der Waals surface area (Å²) in [4.78, 5) is 11.5. The fraction of sp³-hybridized carbons (Fsp3) is 0.133. The van der Waals surface area contributed by atoms with Crippen LogP contribution in [-0.4, -0.2) is 13.0 Å². The van der Waals surface area contributed by atoms with Gasteiger partial charge in [-0.15, -0.1) is 0 Å². The molecule has 2 aromatic carbocycles. The number of halogens is 1. The maximum absolute atomic E-state index is 11.5. The molecule has 0 atom stereocenters. The Hall–Kier alpha value is -2.05. The van der Waals surface area contributed by atoms with Gasteiger partial charge in [-0.3, -0.25) is 10.2 Å². The lowest BCUT2D eigenvalue weighted by Crippen LogP contribution is -2.30. The number of hydrazine groups is 1. The number of carbonyl (C=O) groups excluding carboxylic acids is 1. The molecule has 0 radical (unpaired) electrons. The van der Waals surface area contributed by atoms with Gasteiger partial charge >= 0.3 is 0 Å². The molecule has 0 heterocycles. The SMILES string of the molecule is COc1cccc(Br)c1OCc1cccc(C(=O)NN)c1. The minimum Gasteiger partial charge on any atom is -0.493 e. The lowest BCUT2D eigenvalue weighted by Gasteiger charge is -2.12. The highest BCUT2D eigenvalue weighted by Gasteiger charge is 2.09. The predicted octanol–water partition coefficient (Wildman–Crippen LogP) is 2.64. The van der Waals surface area contributed by atoms with Gasteiger partial charge in [0.25, 0.3) is 5.91 Å². The molecule has 0 saturated carbocycles. The number of para-hydroxylation sites is 1. The molecule has 0 aliphatic rings. The highest BCUT2D eigenvalue weighted by Crippen LogP contribution is 2.35. The van der Waals surface area contributed by atoms with Crippen LogP contribution in [0.3, 0.4) is 0 Å². The van der Waals surface area contributed by atoms with Gasteiger partial charge in [0.2, 0.25) is 0 Å². The van der Waals surface area contributed by atoms with Gasteiger partial charge in [0.05, 0.1) is 11.6 Å². The topological polar surface area (TPSA) is 73.6 Å². The summed E-state index contributed by atoms with van der Waals surface area (Å²) in [6.45, 7) is 0.310. The number of benzene rings is 2. The average molecular weight is 351 g/mol. The zero-order valence-electron chi connectivity index (χ0n) is 11.4. The number of rotatable bonds is 5. The first kappa shape index (κ1) is 15.3. The summed E-state index contributed by atoms with van der Waals surface area (Å²) in [5, 5.41) is 0. The first-order chi connectivity index (χ1) is 10.2. The molecule has 2 aromatic rings. The van der Waals surface area contributed by atoms with E-state index in [1.54, 1.807) is 25.3 Å². The molecular formula is C15H15BrN2O3. The summed E-state index contributed by atoms with van der Waals surface area (Å²) in [5.41, 5.74) is 3.44. The fourth-order valence-corrected chi connectivity index (χ4v) is 2.29. The minimum absolute atomic E-state index is 0.310. The molecule has 0 aliphatic heterocycles. The predicted molar refractivity (Wildman–Crippen MR) is 83.1 cm³/mol. The second-order valence-corrected chi connectivity index (χ2v) is 5.09. The Kier molecular flexibility index (Phi) is 5.19. The number of nitrogens with two attached hydrogens (primary N) is 1. The van der Waals surface area contributed by atoms with E-state index >= 15 is 0 Å². The molecule has 21 heavy (non-hydrogen) atoms. The lowest BCUT2D eigenvalue weighted by atomic mass is 10.1. The Morgan fingerprint density at radius 2 is 2.05 bits per heavy atom. The molecule has 0 spiro atoms. The summed E-state index contributed by atoms with van der Waals surface area (Å²) in [6, 6.07) is 12.6. The standard InChI is InChI=1S/C15H15BrN2O3/c1-20-13-7-3-6-12(16)14(13)21-9-10-4-2-5-11(8-10)15(19)18-17/h2-8H,9,17H2,1H3,(H,18,19). The minimum atomic E-state index is -0.338. The summed E-state index contributed by atoms with van der Waals surface area (Å²) in [6.07, 6.45) is 0. The molecule has 0 bridgehead atoms. The average Bonchev–Trinajstić information content (AvgIpc) is 2.53. The van der Waals surface area contributed by atoms with E-state index in [9.17, 15) is 4.79 Å². The van der Waals surface area contributed by atoms with Gasteiger partial charge < -0.3 is 9.47 Å². The van der Waals surface area contributed by atoms with Gasteiger partial charge in [0.1, 0.15) is 6.61 Å². The largest absolute Gasteiger partial charge is 0.493 e. The molecule has 110 valence electrons. The molecule has 0 saturated heterocycles. The van der Waals surface area contributed by atoms with E-state index in [0.29, 0.717) is 23.7 Å². The Morgan fingerprint density at radius 3 is 2.76 bits per heavy atom. The number of nitrogens with one attached hydrogen (secondary N) is 1. The molecule has 0 unspecified atom stereocenters. The van der Waals surface area contributed by atoms with E-state index in [4.69, 9.17) is 15.3 Å². The molecule has 1 amide bonds. The third kappa shape index (κ3) is 3.74. The van der Waals surface area contributed by atoms with Crippen molar-refractivity contribution in [3.8, 4) is 11.5 Å². The molecule has 0 aromatic heterocycles. The highest BCUT2D eigenvalue weighted by molar-refractivity contribution is 9.10. The van der Waals surface area contributed by atoms with Gasteiger partial charge in [-0.1, -0.05) is 18.2 Å². The zero-order valence-corrected chi connectivity index (χ0v) is 13.0. The van der Waals surface area contributed by atoms with E-state index < -0.39 is 0 Å². The van der Waals surface area contributed by atoms with E-state index in [2.05, 4.69) is 21.4 Å². The monoisotopic (exact) mass is 350 g/mol. The van der Waals surface area contributed by atoms with Crippen molar-refractivity contribution in [3.05, 3.63) is 58.1 Å². The molecule has 2 rings (SSSR count). The summed E-state index contributed by atoms with van der Waals surface area (Å²) in [5.74, 6) is 6.04. The maximum atomic E-state index is 11.5. The van der Waals surface area contributed by atoms with E-state index in [0.717, 1.165) is 10.0 Å². The third-order valence-corrected chi connectivity index (χ3v) is 3.48. The fourth-order valence-electron chi connectivity index (χ4n) is 1.83. The first-order valence-corrected chi connectivity index (χ1v) is 7.00. The van der Waals surface area contributed by atoms with E-state index in [1.807, 2.05) is 24.3 Å². The number of nitrogen functional groups attached to an aromatic ring is 1. The number of amides is 1. The van der Waals surface area contributed by atoms with Crippen LogP contribution in [-0.2, 0) is 6.61 Å². The van der Waals surface area contributed by atoms with Crippen molar-refractivity contribution in [2.24, 2.45) is 5.84 Å². The number of methoxy groups -OCH3 is 1. The molecule has 5 nitrogen and oxygen atoms in total. The third-order valence-electron chi connectivity index (χ3n) is 2.85. The first-order valence-electron chi connectivity index (χ1n) is 6.21. The van der Waals surface area contributed by atoms with Crippen molar-refractivity contribution in [3.63, 3.8) is 0 Å². The van der Waals surface area contributed by atoms with Crippen molar-refractivity contribution >= 4 is 21.8 Å². The second-order valence-electron chi connectivity index (χ2n) is 4.23. The normalized spacial score (nSPS) is 10.0. The number of ether oxygens (including phenoxy) is 2. The molecule has 0 fully saturated rings. The van der Waals surface area contributed by atoms with Crippen LogP contribution < -0.4 is 20.7 Å². The van der Waals surface area contributed by atoms with E-state index in [-0.39, 0.29) is 5.91 Å². The molecule has 6 heteroatoms. The van der Waals surface area contributed by atoms with E-state index in [1.165, 1.54) is 0 Å². The van der Waals surface area contributed by atoms with Gasteiger partial charge in [0, 0.05) is 5.56 Å². The van der Waals surface area contributed by atoms with Gasteiger partial charge in [0.15, 0.2) is 11.5 Å². The summed E-state index contributed by atoms with van der Waals surface area (Å²) >= 11 is 3.42. The van der Waals surface area contributed by atoms with Gasteiger partial charge in [-0.25, -0.2) is 5.84 Å². The van der Waals surface area contributed by atoms with Gasteiger partial charge in [-0.05, 0) is 45.8 Å². The number of hydrogen-bond donors (Lipinski definition) is 2. The number of carbonyl (C=O) groups is 1. The quantitative estimate of drug-likeness (QED) is 0.493. The van der Waals surface area contributed by atoms with Crippen LogP contribution in [0.25, 0.3) is 0 Å². The van der Waals surface area contributed by atoms with Crippen LogP contribution in [0, 0.1) is 0 Å². The summed E-state index contributed by atoms with van der Waals surface area (Å²) < 4.78 is 11.8. The van der Waals surface area contributed by atoms with Crippen LogP contribution in [0.1, 0.15) is 15.9 Å². The van der Waals surface area contributed by atoms with Gasteiger partial charge in [-0.2, -0.15) is 0 Å². The van der Waals surface area contributed by atoms with Crippen LogP contribution in [0.5, 0.6) is 11.5 Å². The second kappa shape index (κ2) is 7.10. The Morgan fingerprint density at radius 1 is 1.29 bits per heavy atom. The van der Waals surface area contributed by atoms with Crippen molar-refractivity contribution in [1.29, 1.82) is 0 Å². The Bertz CT molecular complexity index is 647. The molecular weight excluding hydrogens is 336 g/mol. The lowest BCUT2D eigenvalue weighted by molar-refractivity contribution is 0.0953. The summed E-state index contributed by atoms with van der Waals surface area (Å²) in [7, 11) is 1.58. The molecule has 0 aliphatic carbocycles.